The lowest BCUT2D eigenvalue weighted by molar-refractivity contribution is 0.168. The zero-order valence-corrected chi connectivity index (χ0v) is 14.3. The molecule has 23 heavy (non-hydrogen) atoms. The van der Waals surface area contributed by atoms with Gasteiger partial charge in [0, 0.05) is 18.4 Å². The summed E-state index contributed by atoms with van der Waals surface area (Å²) < 4.78 is 49.8. The number of halogens is 2. The predicted octanol–water partition coefficient (Wildman–Crippen LogP) is 3.17. The highest BCUT2D eigenvalue weighted by molar-refractivity contribution is 7.88. The molecule has 7 heteroatoms. The van der Waals surface area contributed by atoms with Crippen molar-refractivity contribution in [2.75, 3.05) is 19.3 Å². The van der Waals surface area contributed by atoms with Gasteiger partial charge in [0.25, 0.3) is 0 Å². The SMILES string of the molecule is C.CS(=O)(=O)NCC1CCCCC1F.NCC1CCCCC1F. The van der Waals surface area contributed by atoms with Crippen LogP contribution in [-0.4, -0.2) is 40.1 Å². The Balaban J connectivity index is 0.000000427. The first kappa shape index (κ1) is 22.7. The van der Waals surface area contributed by atoms with Crippen LogP contribution in [0.3, 0.4) is 0 Å². The zero-order valence-electron chi connectivity index (χ0n) is 13.4. The normalized spacial score (nSPS) is 31.5. The molecule has 2 rings (SSSR count). The van der Waals surface area contributed by atoms with E-state index in [-0.39, 0.29) is 25.8 Å². The van der Waals surface area contributed by atoms with Crippen LogP contribution >= 0.6 is 0 Å². The van der Waals surface area contributed by atoms with Gasteiger partial charge in [0.2, 0.25) is 10.0 Å². The molecule has 4 nitrogen and oxygen atoms in total. The summed E-state index contributed by atoms with van der Waals surface area (Å²) in [6, 6.07) is 0. The molecule has 0 aliphatic heterocycles. The molecule has 2 aliphatic carbocycles. The van der Waals surface area contributed by atoms with E-state index < -0.39 is 22.4 Å². The lowest BCUT2D eigenvalue weighted by Gasteiger charge is -2.25. The number of hydrogen-bond donors (Lipinski definition) is 2. The molecule has 0 spiro atoms. The van der Waals surface area contributed by atoms with E-state index in [1.165, 1.54) is 6.42 Å². The Morgan fingerprint density at radius 1 is 0.957 bits per heavy atom. The van der Waals surface area contributed by atoms with Crippen molar-refractivity contribution in [2.45, 2.75) is 71.1 Å². The molecular formula is C16H34F2N2O2S. The molecule has 4 atom stereocenters. The maximum atomic E-state index is 13.2. The van der Waals surface area contributed by atoms with E-state index in [4.69, 9.17) is 5.73 Å². The van der Waals surface area contributed by atoms with Crippen LogP contribution in [0.15, 0.2) is 0 Å². The Labute approximate surface area is 140 Å². The zero-order chi connectivity index (χ0) is 16.6. The average Bonchev–Trinajstić information content (AvgIpc) is 2.47. The maximum absolute atomic E-state index is 13.2. The summed E-state index contributed by atoms with van der Waals surface area (Å²) in [4.78, 5) is 0. The highest BCUT2D eigenvalue weighted by atomic mass is 32.2. The highest BCUT2D eigenvalue weighted by Crippen LogP contribution is 2.26. The second-order valence-corrected chi connectivity index (χ2v) is 8.31. The van der Waals surface area contributed by atoms with Crippen molar-refractivity contribution in [2.24, 2.45) is 17.6 Å². The summed E-state index contributed by atoms with van der Waals surface area (Å²) in [6.45, 7) is 0.779. The third-order valence-electron chi connectivity index (χ3n) is 4.54. The summed E-state index contributed by atoms with van der Waals surface area (Å²) >= 11 is 0. The Kier molecular flexibility index (Phi) is 11.2. The van der Waals surface area contributed by atoms with E-state index in [1.54, 1.807) is 0 Å². The second-order valence-electron chi connectivity index (χ2n) is 6.48. The Morgan fingerprint density at radius 3 is 1.74 bits per heavy atom. The maximum Gasteiger partial charge on any atom is 0.208 e. The molecule has 0 aromatic heterocycles. The highest BCUT2D eigenvalue weighted by Gasteiger charge is 2.25. The summed E-state index contributed by atoms with van der Waals surface area (Å²) in [5.74, 6) is 0.0437. The monoisotopic (exact) mass is 356 g/mol. The molecule has 0 aromatic rings. The molecular weight excluding hydrogens is 322 g/mol. The molecule has 0 radical (unpaired) electrons. The Morgan fingerprint density at radius 2 is 1.39 bits per heavy atom. The van der Waals surface area contributed by atoms with E-state index >= 15 is 0 Å². The minimum Gasteiger partial charge on any atom is -0.330 e. The fourth-order valence-electron chi connectivity index (χ4n) is 3.08. The lowest BCUT2D eigenvalue weighted by Crippen LogP contribution is -2.34. The van der Waals surface area contributed by atoms with Gasteiger partial charge < -0.3 is 5.73 Å². The fourth-order valence-corrected chi connectivity index (χ4v) is 3.60. The summed E-state index contributed by atoms with van der Waals surface area (Å²) in [5.41, 5.74) is 5.35. The molecule has 140 valence electrons. The second kappa shape index (κ2) is 11.3. The van der Waals surface area contributed by atoms with E-state index in [9.17, 15) is 17.2 Å². The molecule has 0 amide bonds. The average molecular weight is 357 g/mol. The van der Waals surface area contributed by atoms with Crippen LogP contribution in [0.1, 0.15) is 58.8 Å². The Hall–Kier alpha value is -0.270. The van der Waals surface area contributed by atoms with Crippen LogP contribution in [0.4, 0.5) is 8.78 Å². The third kappa shape index (κ3) is 9.57. The predicted molar refractivity (Wildman–Crippen MR) is 92.3 cm³/mol. The van der Waals surface area contributed by atoms with Crippen LogP contribution < -0.4 is 10.5 Å². The van der Waals surface area contributed by atoms with Crippen LogP contribution in [0.5, 0.6) is 0 Å². The quantitative estimate of drug-likeness (QED) is 0.813. The van der Waals surface area contributed by atoms with Crippen molar-refractivity contribution >= 4 is 10.0 Å². The number of sulfonamides is 1. The minimum absolute atomic E-state index is 0. The summed E-state index contributed by atoms with van der Waals surface area (Å²) in [5, 5.41) is 0. The molecule has 0 bridgehead atoms. The number of rotatable bonds is 4. The van der Waals surface area contributed by atoms with Gasteiger partial charge in [0.15, 0.2) is 0 Å². The fraction of sp³-hybridized carbons (Fsp3) is 1.00. The largest absolute Gasteiger partial charge is 0.330 e. The summed E-state index contributed by atoms with van der Waals surface area (Å²) in [6.07, 6.45) is 6.93. The molecule has 2 aliphatic rings. The third-order valence-corrected chi connectivity index (χ3v) is 5.23. The van der Waals surface area contributed by atoms with Gasteiger partial charge in [-0.3, -0.25) is 0 Å². The van der Waals surface area contributed by atoms with Crippen molar-refractivity contribution in [3.8, 4) is 0 Å². The first-order valence-electron chi connectivity index (χ1n) is 8.26. The van der Waals surface area contributed by atoms with Crippen molar-refractivity contribution in [1.29, 1.82) is 0 Å². The molecule has 0 aromatic carbocycles. The molecule has 0 saturated heterocycles. The first-order chi connectivity index (χ1) is 10.3. The van der Waals surface area contributed by atoms with Crippen LogP contribution in [0, 0.1) is 11.8 Å². The van der Waals surface area contributed by atoms with E-state index in [0.29, 0.717) is 13.0 Å². The van der Waals surface area contributed by atoms with Crippen molar-refractivity contribution in [1.82, 2.24) is 4.72 Å². The van der Waals surface area contributed by atoms with Gasteiger partial charge in [0.05, 0.1) is 6.26 Å². The van der Waals surface area contributed by atoms with Crippen molar-refractivity contribution in [3.05, 3.63) is 0 Å². The smallest absolute Gasteiger partial charge is 0.208 e. The minimum atomic E-state index is -3.16. The van der Waals surface area contributed by atoms with Gasteiger partial charge in [0.1, 0.15) is 12.3 Å². The van der Waals surface area contributed by atoms with E-state index in [2.05, 4.69) is 4.72 Å². The van der Waals surface area contributed by atoms with E-state index in [0.717, 1.165) is 44.8 Å². The number of hydrogen-bond acceptors (Lipinski definition) is 3. The number of nitrogens with one attached hydrogen (secondary N) is 1. The molecule has 0 heterocycles. The van der Waals surface area contributed by atoms with Gasteiger partial charge in [-0.05, 0) is 32.2 Å². The van der Waals surface area contributed by atoms with Gasteiger partial charge in [-0.15, -0.1) is 0 Å². The van der Waals surface area contributed by atoms with Crippen LogP contribution in [0.25, 0.3) is 0 Å². The van der Waals surface area contributed by atoms with Gasteiger partial charge in [-0.1, -0.05) is 33.1 Å². The van der Waals surface area contributed by atoms with Crippen LogP contribution in [-0.2, 0) is 10.0 Å². The summed E-state index contributed by atoms with van der Waals surface area (Å²) in [7, 11) is -3.16. The van der Waals surface area contributed by atoms with Gasteiger partial charge >= 0.3 is 0 Å². The Bertz CT molecular complexity index is 407. The number of alkyl halides is 2. The standard InChI is InChI=1S/C8H16FNO2S.C7H14FN.CH4/c1-13(11,12)10-6-7-4-2-3-5-8(7)9;8-7-4-2-1-3-6(7)5-9;/h7-8,10H,2-6H2,1H3;6-7H,1-5,9H2;1H4. The first-order valence-corrected chi connectivity index (χ1v) is 10.2. The van der Waals surface area contributed by atoms with Gasteiger partial charge in [-0.25, -0.2) is 21.9 Å². The van der Waals surface area contributed by atoms with Crippen molar-refractivity contribution in [3.63, 3.8) is 0 Å². The molecule has 4 unspecified atom stereocenters. The number of nitrogens with two attached hydrogens (primary N) is 1. The van der Waals surface area contributed by atoms with Crippen LogP contribution in [0.2, 0.25) is 0 Å². The molecule has 2 fully saturated rings. The van der Waals surface area contributed by atoms with Gasteiger partial charge in [-0.2, -0.15) is 0 Å². The molecule has 3 N–H and O–H groups in total. The lowest BCUT2D eigenvalue weighted by atomic mass is 9.88. The topological polar surface area (TPSA) is 72.2 Å². The van der Waals surface area contributed by atoms with E-state index in [1.807, 2.05) is 0 Å². The van der Waals surface area contributed by atoms with Crippen molar-refractivity contribution < 1.29 is 17.2 Å². The molecule has 2 saturated carbocycles.